The second-order valence-corrected chi connectivity index (χ2v) is 16.1. The molecule has 0 aliphatic rings. The summed E-state index contributed by atoms with van der Waals surface area (Å²) < 4.78 is 11.6. The van der Waals surface area contributed by atoms with Crippen LogP contribution in [0, 0.1) is 0 Å². The molecule has 3 heterocycles. The van der Waals surface area contributed by atoms with Crippen molar-refractivity contribution in [2.45, 2.75) is 0 Å². The lowest BCUT2D eigenvalue weighted by Gasteiger charge is -2.25. The van der Waals surface area contributed by atoms with Gasteiger partial charge in [0, 0.05) is 72.2 Å². The zero-order chi connectivity index (χ0) is 40.7. The summed E-state index contributed by atoms with van der Waals surface area (Å²) in [5.41, 5.74) is 14.2. The van der Waals surface area contributed by atoms with E-state index >= 15 is 0 Å². The van der Waals surface area contributed by atoms with Crippen LogP contribution in [0.15, 0.2) is 229 Å². The van der Waals surface area contributed by atoms with Gasteiger partial charge in [-0.2, -0.15) is 0 Å². The first-order valence-corrected chi connectivity index (χ1v) is 21.2. The molecule has 0 unspecified atom stereocenters. The monoisotopic (exact) mass is 791 g/mol. The number of nitrogens with zero attached hydrogens (tertiary/aromatic N) is 3. The van der Waals surface area contributed by atoms with Crippen molar-refractivity contribution in [3.8, 4) is 22.5 Å². The molecule has 0 aliphatic carbocycles. The van der Waals surface area contributed by atoms with Gasteiger partial charge in [0.2, 0.25) is 0 Å². The van der Waals surface area contributed by atoms with E-state index in [4.69, 9.17) is 4.42 Å². The Labute approximate surface area is 357 Å². The summed E-state index contributed by atoms with van der Waals surface area (Å²) in [6.45, 7) is 0. The van der Waals surface area contributed by atoms with Crippen molar-refractivity contribution in [1.29, 1.82) is 0 Å². The zero-order valence-electron chi connectivity index (χ0n) is 33.6. The molecule has 4 nitrogen and oxygen atoms in total. The summed E-state index contributed by atoms with van der Waals surface area (Å²) in [4.78, 5) is 2.33. The zero-order valence-corrected chi connectivity index (χ0v) is 33.6. The van der Waals surface area contributed by atoms with Crippen molar-refractivity contribution in [1.82, 2.24) is 9.13 Å². The summed E-state index contributed by atoms with van der Waals surface area (Å²) in [6.07, 6.45) is 0. The quantitative estimate of drug-likeness (QED) is 0.168. The molecule has 0 saturated carbocycles. The molecule has 13 aromatic rings. The molecule has 0 saturated heterocycles. The molecule has 0 N–H and O–H groups in total. The maximum atomic E-state index is 6.80. The number of hydrogen-bond acceptors (Lipinski definition) is 2. The van der Waals surface area contributed by atoms with Gasteiger partial charge in [0.05, 0.1) is 22.1 Å². The van der Waals surface area contributed by atoms with Gasteiger partial charge in [0.25, 0.3) is 0 Å². The van der Waals surface area contributed by atoms with Gasteiger partial charge in [-0.25, -0.2) is 0 Å². The highest BCUT2D eigenvalue weighted by Crippen LogP contribution is 2.43. The van der Waals surface area contributed by atoms with E-state index in [1.54, 1.807) is 0 Å². The van der Waals surface area contributed by atoms with Crippen molar-refractivity contribution < 1.29 is 4.42 Å². The average Bonchev–Trinajstić information content (AvgIpc) is 3.99. The number of anilines is 3. The van der Waals surface area contributed by atoms with Gasteiger partial charge in [0.15, 0.2) is 0 Å². The van der Waals surface area contributed by atoms with Crippen molar-refractivity contribution >= 4 is 93.4 Å². The van der Waals surface area contributed by atoms with Crippen molar-refractivity contribution in [3.63, 3.8) is 0 Å². The van der Waals surface area contributed by atoms with Gasteiger partial charge < -0.3 is 18.5 Å². The predicted molar refractivity (Wildman–Crippen MR) is 260 cm³/mol. The van der Waals surface area contributed by atoms with Gasteiger partial charge in [-0.1, -0.05) is 127 Å². The summed E-state index contributed by atoms with van der Waals surface area (Å²) >= 11 is 0. The van der Waals surface area contributed by atoms with Gasteiger partial charge in [0.1, 0.15) is 11.2 Å². The number of aromatic nitrogens is 2. The second-order valence-electron chi connectivity index (χ2n) is 16.1. The number of para-hydroxylation sites is 4. The predicted octanol–water partition coefficient (Wildman–Crippen LogP) is 16.1. The van der Waals surface area contributed by atoms with Crippen LogP contribution >= 0.6 is 0 Å². The van der Waals surface area contributed by atoms with Crippen LogP contribution in [0.5, 0.6) is 0 Å². The second kappa shape index (κ2) is 13.6. The van der Waals surface area contributed by atoms with E-state index in [2.05, 4.69) is 238 Å². The first-order valence-electron chi connectivity index (χ1n) is 21.2. The van der Waals surface area contributed by atoms with E-state index < -0.39 is 0 Å². The van der Waals surface area contributed by atoms with Crippen molar-refractivity contribution in [3.05, 3.63) is 224 Å². The first-order chi connectivity index (χ1) is 30.7. The van der Waals surface area contributed by atoms with Crippen LogP contribution in [0.4, 0.5) is 17.1 Å². The van der Waals surface area contributed by atoms with E-state index in [-0.39, 0.29) is 0 Å². The molecule has 0 bridgehead atoms. The van der Waals surface area contributed by atoms with E-state index in [1.165, 1.54) is 48.9 Å². The standard InChI is InChI=1S/C58H37N3O/c1-4-15-41(16-5-1)59(44-27-31-48-47-22-12-13-23-53(47)60(55(48)36-44)42-17-6-2-7-18-42)45-28-32-50-49-29-25-40(35-56(49)62-57(50)37-45)39-26-33-54-52(34-39)51-30-24-38-14-10-11-21-46(38)58(51)61(54)43-19-8-3-9-20-43/h1-37H. The number of rotatable bonds is 6. The maximum Gasteiger partial charge on any atom is 0.137 e. The van der Waals surface area contributed by atoms with Crippen molar-refractivity contribution in [2.75, 3.05) is 4.90 Å². The average molecular weight is 792 g/mol. The lowest BCUT2D eigenvalue weighted by atomic mass is 10.0. The summed E-state index contributed by atoms with van der Waals surface area (Å²) in [7, 11) is 0. The first kappa shape index (κ1) is 34.5. The van der Waals surface area contributed by atoms with E-state index in [0.29, 0.717) is 0 Å². The van der Waals surface area contributed by atoms with Crippen LogP contribution in [0.1, 0.15) is 0 Å². The highest BCUT2D eigenvalue weighted by molar-refractivity contribution is 6.19. The van der Waals surface area contributed by atoms with Crippen LogP contribution in [0.25, 0.3) is 98.8 Å². The Morgan fingerprint density at radius 2 is 0.855 bits per heavy atom. The Morgan fingerprint density at radius 1 is 0.306 bits per heavy atom. The third kappa shape index (κ3) is 5.27. The highest BCUT2D eigenvalue weighted by atomic mass is 16.3. The van der Waals surface area contributed by atoms with Gasteiger partial charge in [-0.3, -0.25) is 0 Å². The molecule has 0 amide bonds. The summed E-state index contributed by atoms with van der Waals surface area (Å²) in [5, 5.41) is 9.60. The van der Waals surface area contributed by atoms with Crippen LogP contribution in [-0.2, 0) is 0 Å². The molecule has 290 valence electrons. The Kier molecular flexibility index (Phi) is 7.57. The van der Waals surface area contributed by atoms with Crippen LogP contribution in [0.3, 0.4) is 0 Å². The van der Waals surface area contributed by atoms with Gasteiger partial charge in [-0.15, -0.1) is 0 Å². The smallest absolute Gasteiger partial charge is 0.137 e. The van der Waals surface area contributed by atoms with E-state index in [1.807, 2.05) is 0 Å². The maximum absolute atomic E-state index is 6.80. The lowest BCUT2D eigenvalue weighted by Crippen LogP contribution is -2.09. The fourth-order valence-electron chi connectivity index (χ4n) is 9.87. The van der Waals surface area contributed by atoms with Crippen LogP contribution in [0.2, 0.25) is 0 Å². The molecule has 0 fully saturated rings. The SMILES string of the molecule is c1ccc(N(c2ccc3c(c2)oc2cc(-c4ccc5c(c4)c4ccc6ccccc6c4n5-c4ccccc4)ccc23)c2ccc3c4ccccc4n(-c4ccccc4)c3c2)cc1. The molecule has 62 heavy (non-hydrogen) atoms. The number of hydrogen-bond donors (Lipinski definition) is 0. The molecule has 0 atom stereocenters. The lowest BCUT2D eigenvalue weighted by molar-refractivity contribution is 0.669. The van der Waals surface area contributed by atoms with Gasteiger partial charge in [-0.05, 0) is 108 Å². The molecule has 13 rings (SSSR count). The summed E-state index contributed by atoms with van der Waals surface area (Å²) in [5.74, 6) is 0. The van der Waals surface area contributed by atoms with E-state index in [0.717, 1.165) is 67.0 Å². The molecule has 10 aromatic carbocycles. The highest BCUT2D eigenvalue weighted by Gasteiger charge is 2.20. The number of fused-ring (bicyclic) bond motifs is 11. The largest absolute Gasteiger partial charge is 0.456 e. The molecular formula is C58H37N3O. The molecular weight excluding hydrogens is 755 g/mol. The number of benzene rings is 10. The van der Waals surface area contributed by atoms with Crippen molar-refractivity contribution in [2.24, 2.45) is 0 Å². The fourth-order valence-corrected chi connectivity index (χ4v) is 9.87. The van der Waals surface area contributed by atoms with Crippen LogP contribution in [-0.4, -0.2) is 9.13 Å². The minimum Gasteiger partial charge on any atom is -0.456 e. The third-order valence-corrected chi connectivity index (χ3v) is 12.7. The van der Waals surface area contributed by atoms with E-state index in [9.17, 15) is 0 Å². The summed E-state index contributed by atoms with van der Waals surface area (Å²) in [6, 6.07) is 80.8. The topological polar surface area (TPSA) is 26.2 Å². The third-order valence-electron chi connectivity index (χ3n) is 12.7. The molecule has 3 aromatic heterocycles. The minimum atomic E-state index is 0.850. The minimum absolute atomic E-state index is 0.850. The normalized spacial score (nSPS) is 11.9. The Balaban J connectivity index is 0.940. The molecule has 4 heteroatoms. The Bertz CT molecular complexity index is 3860. The Morgan fingerprint density at radius 3 is 1.65 bits per heavy atom. The van der Waals surface area contributed by atoms with Gasteiger partial charge >= 0.3 is 0 Å². The Hall–Kier alpha value is -8.34. The molecule has 0 spiro atoms. The molecule has 0 aliphatic heterocycles. The number of furan rings is 1. The fraction of sp³-hybridized carbons (Fsp3) is 0. The molecule has 0 radical (unpaired) electrons. The van der Waals surface area contributed by atoms with Crippen LogP contribution < -0.4 is 4.90 Å².